The molecule has 0 bridgehead atoms. The summed E-state index contributed by atoms with van der Waals surface area (Å²) in [5, 5.41) is 17.0. The topological polar surface area (TPSA) is 134 Å². The summed E-state index contributed by atoms with van der Waals surface area (Å²) in [6.07, 6.45) is 13.0. The quantitative estimate of drug-likeness (QED) is 0.113. The van der Waals surface area contributed by atoms with E-state index in [2.05, 4.69) is 77.1 Å². The Morgan fingerprint density at radius 3 is 1.57 bits per heavy atom. The van der Waals surface area contributed by atoms with Crippen LogP contribution >= 0.6 is 15.9 Å². The monoisotopic (exact) mass is 999 g/mol. The molecule has 0 amide bonds. The third-order valence-corrected chi connectivity index (χ3v) is 12.0. The fourth-order valence-electron chi connectivity index (χ4n) is 7.67. The minimum atomic E-state index is -0.273. The maximum atomic E-state index is 14.3. The van der Waals surface area contributed by atoms with Crippen LogP contribution in [0, 0.1) is 25.5 Å². The number of halogens is 3. The van der Waals surface area contributed by atoms with E-state index < -0.39 is 0 Å². The molecule has 0 atom stereocenters. The highest BCUT2D eigenvalue weighted by Crippen LogP contribution is 2.25. The third-order valence-electron chi connectivity index (χ3n) is 11.4. The van der Waals surface area contributed by atoms with Gasteiger partial charge in [-0.15, -0.1) is 10.2 Å². The van der Waals surface area contributed by atoms with Crippen molar-refractivity contribution in [2.24, 2.45) is 0 Å². The number of hydrogen-bond acceptors (Lipinski definition) is 8. The van der Waals surface area contributed by atoms with Crippen molar-refractivity contribution in [3.63, 3.8) is 0 Å². The van der Waals surface area contributed by atoms with Crippen molar-refractivity contribution >= 4 is 34.9 Å². The van der Waals surface area contributed by atoms with Crippen LogP contribution < -0.4 is 16.0 Å². The third kappa shape index (κ3) is 12.3. The van der Waals surface area contributed by atoms with Gasteiger partial charge >= 0.3 is 19.1 Å². The van der Waals surface area contributed by atoms with E-state index in [0.29, 0.717) is 60.7 Å². The van der Waals surface area contributed by atoms with Gasteiger partial charge in [-0.1, -0.05) is 77.9 Å². The van der Waals surface area contributed by atoms with Crippen LogP contribution in [0.15, 0.2) is 185 Å². The lowest BCUT2D eigenvalue weighted by Crippen LogP contribution is -2.21. The number of hydrogen-bond donors (Lipinski definition) is 1. The molecular formula is C54H47BBrF2N8O4. The Kier molecular flexibility index (Phi) is 16.0. The first-order valence-electron chi connectivity index (χ1n) is 22.5. The van der Waals surface area contributed by atoms with Crippen LogP contribution in [-0.4, -0.2) is 51.0 Å². The molecule has 0 saturated carbocycles. The molecule has 70 heavy (non-hydrogen) atoms. The summed E-state index contributed by atoms with van der Waals surface area (Å²) in [6.45, 7) is 5.09. The normalized spacial score (nSPS) is 10.9. The van der Waals surface area contributed by atoms with Crippen LogP contribution in [0.4, 0.5) is 8.78 Å². The first kappa shape index (κ1) is 48.6. The zero-order chi connectivity index (χ0) is 49.0. The van der Waals surface area contributed by atoms with Crippen LogP contribution in [0.3, 0.4) is 0 Å². The molecule has 1 radical (unpaired) electrons. The molecule has 0 aliphatic heterocycles. The van der Waals surface area contributed by atoms with Crippen LogP contribution in [0.5, 0.6) is 5.75 Å². The Morgan fingerprint density at radius 2 is 1.09 bits per heavy atom. The Morgan fingerprint density at radius 1 is 0.586 bits per heavy atom. The second-order valence-corrected chi connectivity index (χ2v) is 17.3. The standard InChI is InChI=1S/C27H23FN4O.C22H19BrFN3O.C5H5BNO2/c1-19-6-9-21(10-7-19)23-11-13-26-30-32(27(33)31(26)18-23)15-3-4-20-8-12-25(28)24(16-20)22-5-2-14-29-17-22;1-15-4-7-17(8-5-15)18-9-11-21-25-27(22(28)26(21)14-18)12-2-3-16-6-10-20(24)19(23)13-16;8-6-9-5-2-1-3-7-4-5/h2,5-14,16-18H,3-4,15H2,1H3;4-11,13-14H,2-3,12H2,1H3;1-4,8H. The van der Waals surface area contributed by atoms with Gasteiger partial charge in [-0.3, -0.25) is 9.97 Å². The van der Waals surface area contributed by atoms with Gasteiger partial charge in [-0.2, -0.15) is 0 Å². The number of aryl methyl sites for hydroxylation is 6. The van der Waals surface area contributed by atoms with Gasteiger partial charge in [0.25, 0.3) is 0 Å². The largest absolute Gasteiger partial charge is 0.569 e. The molecule has 0 aliphatic carbocycles. The molecule has 0 fully saturated rings. The second kappa shape index (κ2) is 23.0. The van der Waals surface area contributed by atoms with E-state index in [9.17, 15) is 18.4 Å². The smallest absolute Gasteiger partial charge is 0.536 e. The summed E-state index contributed by atoms with van der Waals surface area (Å²) in [7, 11) is 0.622. The highest BCUT2D eigenvalue weighted by Gasteiger charge is 2.12. The maximum Gasteiger partial charge on any atom is 0.569 e. The Hall–Kier alpha value is -7.82. The molecule has 1 N–H and O–H groups in total. The molecule has 10 rings (SSSR count). The number of rotatable bonds is 13. The number of pyridine rings is 4. The molecule has 12 nitrogen and oxygen atoms in total. The lowest BCUT2D eigenvalue weighted by molar-refractivity contribution is 0.452. The molecule has 0 unspecified atom stereocenters. The molecule has 6 aromatic heterocycles. The van der Waals surface area contributed by atoms with Gasteiger partial charge in [0.05, 0.1) is 10.7 Å². The van der Waals surface area contributed by atoms with Crippen LogP contribution in [0.1, 0.15) is 35.1 Å². The highest BCUT2D eigenvalue weighted by molar-refractivity contribution is 9.10. The number of nitrogens with zero attached hydrogens (tertiary/aromatic N) is 8. The first-order chi connectivity index (χ1) is 34.0. The van der Waals surface area contributed by atoms with Gasteiger partial charge in [0.1, 0.15) is 17.4 Å². The van der Waals surface area contributed by atoms with Crippen LogP contribution in [-0.2, 0) is 25.9 Å². The average Bonchev–Trinajstić information content (AvgIpc) is 3.87. The Labute approximate surface area is 411 Å². The predicted octanol–water partition coefficient (Wildman–Crippen LogP) is 10.3. The van der Waals surface area contributed by atoms with Gasteiger partial charge in [0.15, 0.2) is 11.3 Å². The lowest BCUT2D eigenvalue weighted by Gasteiger charge is -2.07. The fraction of sp³-hybridized carbons (Fsp3) is 0.148. The van der Waals surface area contributed by atoms with Crippen molar-refractivity contribution in [1.29, 1.82) is 0 Å². The maximum absolute atomic E-state index is 14.3. The second-order valence-electron chi connectivity index (χ2n) is 16.5. The summed E-state index contributed by atoms with van der Waals surface area (Å²) >= 11 is 3.20. The van der Waals surface area contributed by atoms with Crippen LogP contribution in [0.25, 0.3) is 44.7 Å². The van der Waals surface area contributed by atoms with Crippen LogP contribution in [0.2, 0.25) is 0 Å². The van der Waals surface area contributed by atoms with E-state index in [1.807, 2.05) is 74.8 Å². The number of aromatic nitrogens is 8. The zero-order valence-electron chi connectivity index (χ0n) is 38.4. The lowest BCUT2D eigenvalue weighted by atomic mass is 10.0. The average molecular weight is 1000 g/mol. The fourth-order valence-corrected chi connectivity index (χ4v) is 8.10. The summed E-state index contributed by atoms with van der Waals surface area (Å²) in [4.78, 5) is 33.4. The molecule has 4 aromatic carbocycles. The van der Waals surface area contributed by atoms with E-state index in [4.69, 9.17) is 5.02 Å². The van der Waals surface area contributed by atoms with Crippen molar-refractivity contribution < 1.29 is 18.5 Å². The summed E-state index contributed by atoms with van der Waals surface area (Å²) in [6, 6.07) is 41.3. The van der Waals surface area contributed by atoms with Gasteiger partial charge in [-0.25, -0.2) is 36.5 Å². The molecule has 0 spiro atoms. The minimum absolute atomic E-state index is 0.149. The molecule has 6 heterocycles. The number of fused-ring (bicyclic) bond motifs is 2. The van der Waals surface area contributed by atoms with Crippen molar-refractivity contribution in [2.45, 2.75) is 52.6 Å². The summed E-state index contributed by atoms with van der Waals surface area (Å²) in [5.74, 6) is -0.0163. The van der Waals surface area contributed by atoms with E-state index in [1.54, 1.807) is 63.8 Å². The first-order valence-corrected chi connectivity index (χ1v) is 23.3. The zero-order valence-corrected chi connectivity index (χ0v) is 40.0. The Bertz CT molecular complexity index is 3460. The van der Waals surface area contributed by atoms with Crippen molar-refractivity contribution in [1.82, 2.24) is 38.3 Å². The van der Waals surface area contributed by atoms with Gasteiger partial charge in [-0.05, 0) is 156 Å². The summed E-state index contributed by atoms with van der Waals surface area (Å²) < 4.78 is 38.8. The van der Waals surface area contributed by atoms with E-state index >= 15 is 0 Å². The summed E-state index contributed by atoms with van der Waals surface area (Å²) in [5.41, 5.74) is 10.7. The van der Waals surface area contributed by atoms with Gasteiger partial charge < -0.3 is 9.68 Å². The molecule has 10 aromatic rings. The molecular weight excluding hydrogens is 953 g/mol. The SMILES string of the molecule is Cc1ccc(-c2ccc3nn(CCCc4ccc(F)c(-c5cccnc5)c4)c(=O)n3c2)cc1.Cc1ccc(-c2ccc3nn(CCCc4ccc(F)c(Br)c4)c(=O)n3c2)cc1.O[B]Oc1cccnc1. The molecule has 16 heteroatoms. The number of benzene rings is 4. The van der Waals surface area contributed by atoms with Crippen molar-refractivity contribution in [3.05, 3.63) is 230 Å². The van der Waals surface area contributed by atoms with Crippen molar-refractivity contribution in [2.75, 3.05) is 0 Å². The highest BCUT2D eigenvalue weighted by atomic mass is 79.9. The van der Waals surface area contributed by atoms with E-state index in [0.717, 1.165) is 51.8 Å². The molecule has 0 aliphatic rings. The van der Waals surface area contributed by atoms with Gasteiger partial charge in [0, 0.05) is 55.2 Å². The minimum Gasteiger partial charge on any atom is -0.536 e. The van der Waals surface area contributed by atoms with E-state index in [-0.39, 0.29) is 23.0 Å². The predicted molar refractivity (Wildman–Crippen MR) is 272 cm³/mol. The Balaban J connectivity index is 0.000000161. The van der Waals surface area contributed by atoms with Crippen molar-refractivity contribution in [3.8, 4) is 39.1 Å². The van der Waals surface area contributed by atoms with E-state index in [1.165, 1.54) is 38.8 Å². The van der Waals surface area contributed by atoms with Gasteiger partial charge in [0.2, 0.25) is 0 Å². The molecule has 0 saturated heterocycles. The molecule has 351 valence electrons.